The molecule has 6 nitrogen and oxygen atoms in total. The van der Waals surface area contributed by atoms with Gasteiger partial charge in [-0.25, -0.2) is 0 Å². The molecule has 1 aromatic heterocycles. The molecule has 0 spiro atoms. The van der Waals surface area contributed by atoms with Gasteiger partial charge in [0.25, 0.3) is 0 Å². The molecule has 0 aliphatic heterocycles. The number of anilines is 1. The molecule has 0 unspecified atom stereocenters. The molecular weight excluding hydrogens is 280 g/mol. The zero-order valence-corrected chi connectivity index (χ0v) is 11.5. The van der Waals surface area contributed by atoms with Gasteiger partial charge in [0.05, 0.1) is 18.5 Å². The Hall–Kier alpha value is -2.41. The van der Waals surface area contributed by atoms with Crippen molar-refractivity contribution in [2.24, 2.45) is 0 Å². The molecule has 0 aliphatic rings. The summed E-state index contributed by atoms with van der Waals surface area (Å²) < 4.78 is 4.90. The predicted octanol–water partition coefficient (Wildman–Crippen LogP) is 2.85. The van der Waals surface area contributed by atoms with Crippen molar-refractivity contribution < 1.29 is 14.5 Å². The van der Waals surface area contributed by atoms with Crippen molar-refractivity contribution in [2.45, 2.75) is 6.42 Å². The van der Waals surface area contributed by atoms with Crippen molar-refractivity contribution in [1.82, 2.24) is 0 Å². The van der Waals surface area contributed by atoms with Gasteiger partial charge in [-0.1, -0.05) is 6.07 Å². The van der Waals surface area contributed by atoms with Crippen LogP contribution in [0, 0.1) is 10.1 Å². The number of nitrogens with one attached hydrogen (secondary N) is 1. The molecule has 20 heavy (non-hydrogen) atoms. The lowest BCUT2D eigenvalue weighted by atomic mass is 10.2. The molecule has 0 fully saturated rings. The Balaban J connectivity index is 2.11. The third-order valence-electron chi connectivity index (χ3n) is 2.57. The van der Waals surface area contributed by atoms with Crippen LogP contribution in [0.25, 0.3) is 0 Å². The first-order valence-electron chi connectivity index (χ1n) is 5.75. The predicted molar refractivity (Wildman–Crippen MR) is 76.3 cm³/mol. The summed E-state index contributed by atoms with van der Waals surface area (Å²) in [5.41, 5.74) is 0.195. The van der Waals surface area contributed by atoms with Gasteiger partial charge in [-0.3, -0.25) is 14.9 Å². The Morgan fingerprint density at radius 1 is 1.45 bits per heavy atom. The summed E-state index contributed by atoms with van der Waals surface area (Å²) in [5.74, 6) is -0.0572. The first-order valence-corrected chi connectivity index (χ1v) is 6.63. The quantitative estimate of drug-likeness (QED) is 0.678. The zero-order chi connectivity index (χ0) is 14.5. The second kappa shape index (κ2) is 6.16. The lowest BCUT2D eigenvalue weighted by molar-refractivity contribution is -0.385. The second-order valence-electron chi connectivity index (χ2n) is 3.95. The van der Waals surface area contributed by atoms with Crippen LogP contribution in [0.15, 0.2) is 35.7 Å². The molecule has 7 heteroatoms. The summed E-state index contributed by atoms with van der Waals surface area (Å²) in [6, 6.07) is 8.04. The fourth-order valence-electron chi connectivity index (χ4n) is 1.69. The van der Waals surface area contributed by atoms with Crippen LogP contribution in [0.5, 0.6) is 5.75 Å². The summed E-state index contributed by atoms with van der Waals surface area (Å²) in [4.78, 5) is 23.1. The highest BCUT2D eigenvalue weighted by Crippen LogP contribution is 2.29. The van der Waals surface area contributed by atoms with Crippen molar-refractivity contribution >= 4 is 28.6 Å². The van der Waals surface area contributed by atoms with E-state index in [1.54, 1.807) is 6.07 Å². The summed E-state index contributed by atoms with van der Waals surface area (Å²) in [7, 11) is 1.36. The van der Waals surface area contributed by atoms with Gasteiger partial charge in [0.15, 0.2) is 5.75 Å². The third-order valence-corrected chi connectivity index (χ3v) is 3.45. The number of methoxy groups -OCH3 is 1. The number of ether oxygens (including phenoxy) is 1. The maximum absolute atomic E-state index is 11.8. The van der Waals surface area contributed by atoms with Crippen LogP contribution in [0.3, 0.4) is 0 Å². The summed E-state index contributed by atoms with van der Waals surface area (Å²) in [6.07, 6.45) is 0.248. The number of nitrogens with zero attached hydrogens (tertiary/aromatic N) is 1. The highest BCUT2D eigenvalue weighted by atomic mass is 32.1. The third kappa shape index (κ3) is 3.33. The molecule has 2 rings (SSSR count). The minimum absolute atomic E-state index is 0.159. The normalized spacial score (nSPS) is 10.1. The SMILES string of the molecule is COc1ccc(NC(=O)Cc2cccs2)cc1[N+](=O)[O-]. The van der Waals surface area contributed by atoms with Crippen LogP contribution >= 0.6 is 11.3 Å². The summed E-state index contributed by atoms with van der Waals surface area (Å²) in [6.45, 7) is 0. The first kappa shape index (κ1) is 14.0. The molecule has 1 N–H and O–H groups in total. The van der Waals surface area contributed by atoms with Crippen LogP contribution in [-0.4, -0.2) is 17.9 Å². The van der Waals surface area contributed by atoms with Gasteiger partial charge in [0.2, 0.25) is 5.91 Å². The zero-order valence-electron chi connectivity index (χ0n) is 10.7. The number of hydrogen-bond donors (Lipinski definition) is 1. The number of nitro groups is 1. The molecule has 1 aromatic carbocycles. The lowest BCUT2D eigenvalue weighted by Crippen LogP contribution is -2.13. The number of hydrogen-bond acceptors (Lipinski definition) is 5. The van der Waals surface area contributed by atoms with E-state index in [2.05, 4.69) is 5.32 Å². The van der Waals surface area contributed by atoms with Gasteiger partial charge < -0.3 is 10.1 Å². The Morgan fingerprint density at radius 2 is 2.25 bits per heavy atom. The molecule has 0 radical (unpaired) electrons. The smallest absolute Gasteiger partial charge is 0.312 e. The lowest BCUT2D eigenvalue weighted by Gasteiger charge is -2.06. The number of carbonyl (C=O) groups excluding carboxylic acids is 1. The molecule has 0 saturated carbocycles. The van der Waals surface area contributed by atoms with Gasteiger partial charge >= 0.3 is 5.69 Å². The maximum Gasteiger partial charge on any atom is 0.312 e. The van der Waals surface area contributed by atoms with Crippen LogP contribution < -0.4 is 10.1 Å². The fraction of sp³-hybridized carbons (Fsp3) is 0.154. The summed E-state index contributed by atoms with van der Waals surface area (Å²) in [5, 5.41) is 15.4. The standard InChI is InChI=1S/C13H12N2O4S/c1-19-12-5-4-9(7-11(12)15(17)18)14-13(16)8-10-3-2-6-20-10/h2-7H,8H2,1H3,(H,14,16). The molecule has 2 aromatic rings. The van der Waals surface area contributed by atoms with Gasteiger partial charge in [-0.15, -0.1) is 11.3 Å². The minimum Gasteiger partial charge on any atom is -0.490 e. The molecule has 1 amide bonds. The maximum atomic E-state index is 11.8. The monoisotopic (exact) mass is 292 g/mol. The van der Waals surface area contributed by atoms with E-state index in [-0.39, 0.29) is 23.8 Å². The van der Waals surface area contributed by atoms with Gasteiger partial charge in [-0.05, 0) is 23.6 Å². The van der Waals surface area contributed by atoms with Crippen molar-refractivity contribution in [1.29, 1.82) is 0 Å². The van der Waals surface area contributed by atoms with Crippen molar-refractivity contribution in [3.63, 3.8) is 0 Å². The summed E-state index contributed by atoms with van der Waals surface area (Å²) >= 11 is 1.49. The van der Waals surface area contributed by atoms with E-state index in [1.807, 2.05) is 17.5 Å². The van der Waals surface area contributed by atoms with Crippen LogP contribution in [-0.2, 0) is 11.2 Å². The van der Waals surface area contributed by atoms with E-state index in [9.17, 15) is 14.9 Å². The highest BCUT2D eigenvalue weighted by molar-refractivity contribution is 7.10. The van der Waals surface area contributed by atoms with Crippen molar-refractivity contribution in [2.75, 3.05) is 12.4 Å². The van der Waals surface area contributed by atoms with E-state index in [0.717, 1.165) is 4.88 Å². The van der Waals surface area contributed by atoms with E-state index < -0.39 is 4.92 Å². The average molecular weight is 292 g/mol. The average Bonchev–Trinajstić information content (AvgIpc) is 2.91. The number of amides is 1. The number of thiophene rings is 1. The van der Waals surface area contributed by atoms with Crippen molar-refractivity contribution in [3.05, 3.63) is 50.7 Å². The Labute approximate surface area is 119 Å². The fourth-order valence-corrected chi connectivity index (χ4v) is 2.39. The van der Waals surface area contributed by atoms with Gasteiger partial charge in [-0.2, -0.15) is 0 Å². The molecule has 1 heterocycles. The minimum atomic E-state index is -0.548. The molecular formula is C13H12N2O4S. The first-order chi connectivity index (χ1) is 9.60. The number of benzene rings is 1. The Kier molecular flexibility index (Phi) is 4.31. The van der Waals surface area contributed by atoms with Gasteiger partial charge in [0.1, 0.15) is 0 Å². The number of carbonyl (C=O) groups is 1. The Bertz CT molecular complexity index is 625. The van der Waals surface area contributed by atoms with E-state index in [4.69, 9.17) is 4.74 Å². The Morgan fingerprint density at radius 3 is 2.85 bits per heavy atom. The van der Waals surface area contributed by atoms with Crippen LogP contribution in [0.1, 0.15) is 4.88 Å². The van der Waals surface area contributed by atoms with E-state index >= 15 is 0 Å². The molecule has 0 bridgehead atoms. The largest absolute Gasteiger partial charge is 0.490 e. The number of nitro benzene ring substituents is 1. The molecule has 0 atom stereocenters. The second-order valence-corrected chi connectivity index (χ2v) is 4.98. The number of rotatable bonds is 5. The molecule has 0 saturated heterocycles. The molecule has 104 valence electrons. The van der Waals surface area contributed by atoms with E-state index in [0.29, 0.717) is 5.69 Å². The van der Waals surface area contributed by atoms with Crippen molar-refractivity contribution in [3.8, 4) is 5.75 Å². The topological polar surface area (TPSA) is 81.5 Å². The van der Waals surface area contributed by atoms with E-state index in [1.165, 1.54) is 30.6 Å². The van der Waals surface area contributed by atoms with Gasteiger partial charge in [0, 0.05) is 16.6 Å². The van der Waals surface area contributed by atoms with Crippen LogP contribution in [0.4, 0.5) is 11.4 Å². The highest BCUT2D eigenvalue weighted by Gasteiger charge is 2.16. The molecule has 0 aliphatic carbocycles. The van der Waals surface area contributed by atoms with Crippen LogP contribution in [0.2, 0.25) is 0 Å².